The van der Waals surface area contributed by atoms with E-state index >= 15 is 0 Å². The Hall–Kier alpha value is -0.960. The largest absolute Gasteiger partial charge is 0.402 e. The first-order valence-electron chi connectivity index (χ1n) is 5.10. The molecule has 0 fully saturated rings. The van der Waals surface area contributed by atoms with Crippen molar-refractivity contribution in [3.63, 3.8) is 0 Å². The second-order valence-corrected chi connectivity index (χ2v) is 4.12. The molecule has 0 heterocycles. The Morgan fingerprint density at radius 3 is 2.36 bits per heavy atom. The molecule has 1 rings (SSSR count). The highest BCUT2D eigenvalue weighted by Gasteiger charge is 2.08. The first-order chi connectivity index (χ1) is 6.59. The van der Waals surface area contributed by atoms with Gasteiger partial charge >= 0.3 is 0 Å². The third-order valence-electron chi connectivity index (χ3n) is 2.53. The number of nitrogens with two attached hydrogens (primary N) is 1. The van der Waals surface area contributed by atoms with Gasteiger partial charge in [-0.05, 0) is 39.1 Å². The lowest BCUT2D eigenvalue weighted by molar-refractivity contribution is 0.318. The molecule has 1 aliphatic carbocycles. The van der Waals surface area contributed by atoms with Gasteiger partial charge < -0.3 is 15.5 Å². The van der Waals surface area contributed by atoms with Crippen molar-refractivity contribution in [1.82, 2.24) is 9.80 Å². The van der Waals surface area contributed by atoms with E-state index in [0.29, 0.717) is 0 Å². The van der Waals surface area contributed by atoms with Crippen molar-refractivity contribution in [2.75, 3.05) is 34.2 Å². The molecule has 0 unspecified atom stereocenters. The standard InChI is InChI=1S/C11H21N3/c1-13(2)8-9-14(3)11-6-4-10(12)5-7-11/h4,6H,5,7-9,12H2,1-3H3. The van der Waals surface area contributed by atoms with E-state index in [9.17, 15) is 0 Å². The van der Waals surface area contributed by atoms with E-state index in [0.717, 1.165) is 31.6 Å². The number of hydrogen-bond acceptors (Lipinski definition) is 3. The van der Waals surface area contributed by atoms with Crippen molar-refractivity contribution in [3.05, 3.63) is 23.5 Å². The van der Waals surface area contributed by atoms with Gasteiger partial charge in [-0.3, -0.25) is 0 Å². The van der Waals surface area contributed by atoms with Crippen LogP contribution in [0, 0.1) is 0 Å². The van der Waals surface area contributed by atoms with E-state index < -0.39 is 0 Å². The highest BCUT2D eigenvalue weighted by molar-refractivity contribution is 5.21. The average molecular weight is 195 g/mol. The molecule has 0 radical (unpaired) electrons. The molecule has 3 nitrogen and oxygen atoms in total. The summed E-state index contributed by atoms with van der Waals surface area (Å²) >= 11 is 0. The average Bonchev–Trinajstić information content (AvgIpc) is 2.15. The smallest absolute Gasteiger partial charge is 0.0299 e. The van der Waals surface area contributed by atoms with E-state index in [4.69, 9.17) is 5.73 Å². The van der Waals surface area contributed by atoms with E-state index in [1.807, 2.05) is 6.08 Å². The molecule has 0 saturated heterocycles. The lowest BCUT2D eigenvalue weighted by atomic mass is 10.1. The Morgan fingerprint density at radius 2 is 1.86 bits per heavy atom. The van der Waals surface area contributed by atoms with E-state index in [2.05, 4.69) is 37.0 Å². The number of allylic oxidation sites excluding steroid dienone is 4. The highest BCUT2D eigenvalue weighted by Crippen LogP contribution is 2.17. The van der Waals surface area contributed by atoms with Crippen molar-refractivity contribution in [2.24, 2.45) is 5.73 Å². The van der Waals surface area contributed by atoms with E-state index in [1.54, 1.807) is 0 Å². The lowest BCUT2D eigenvalue weighted by Crippen LogP contribution is -2.28. The molecule has 2 N–H and O–H groups in total. The van der Waals surface area contributed by atoms with Crippen LogP contribution in [0.3, 0.4) is 0 Å². The van der Waals surface area contributed by atoms with Crippen LogP contribution in [-0.2, 0) is 0 Å². The fraction of sp³-hybridized carbons (Fsp3) is 0.636. The van der Waals surface area contributed by atoms with Gasteiger partial charge in [0, 0.05) is 31.5 Å². The zero-order chi connectivity index (χ0) is 10.6. The molecule has 0 saturated carbocycles. The van der Waals surface area contributed by atoms with Gasteiger partial charge in [0.1, 0.15) is 0 Å². The molecule has 0 amide bonds. The molecule has 0 aliphatic heterocycles. The Kier molecular flexibility index (Phi) is 4.01. The van der Waals surface area contributed by atoms with Crippen molar-refractivity contribution < 1.29 is 0 Å². The summed E-state index contributed by atoms with van der Waals surface area (Å²) < 4.78 is 0. The lowest BCUT2D eigenvalue weighted by Gasteiger charge is -2.26. The molecule has 0 spiro atoms. The second kappa shape index (κ2) is 5.05. The summed E-state index contributed by atoms with van der Waals surface area (Å²) in [5.41, 5.74) is 8.09. The summed E-state index contributed by atoms with van der Waals surface area (Å²) in [5.74, 6) is 0. The molecule has 0 aromatic heterocycles. The summed E-state index contributed by atoms with van der Waals surface area (Å²) in [5, 5.41) is 0. The Morgan fingerprint density at radius 1 is 1.14 bits per heavy atom. The molecule has 1 aliphatic rings. The summed E-state index contributed by atoms with van der Waals surface area (Å²) in [6.07, 6.45) is 6.23. The van der Waals surface area contributed by atoms with Crippen molar-refractivity contribution in [2.45, 2.75) is 12.8 Å². The van der Waals surface area contributed by atoms with Gasteiger partial charge in [-0.2, -0.15) is 0 Å². The van der Waals surface area contributed by atoms with Gasteiger partial charge in [-0.1, -0.05) is 0 Å². The van der Waals surface area contributed by atoms with Gasteiger partial charge in [0.25, 0.3) is 0 Å². The quantitative estimate of drug-likeness (QED) is 0.726. The van der Waals surface area contributed by atoms with Crippen molar-refractivity contribution in [3.8, 4) is 0 Å². The van der Waals surface area contributed by atoms with Crippen molar-refractivity contribution in [1.29, 1.82) is 0 Å². The van der Waals surface area contributed by atoms with Crippen LogP contribution in [0.1, 0.15) is 12.8 Å². The number of nitrogens with zero attached hydrogens (tertiary/aromatic N) is 2. The summed E-state index contributed by atoms with van der Waals surface area (Å²) in [6, 6.07) is 0. The van der Waals surface area contributed by atoms with Gasteiger partial charge in [-0.25, -0.2) is 0 Å². The monoisotopic (exact) mass is 195 g/mol. The van der Waals surface area contributed by atoms with Crippen LogP contribution in [-0.4, -0.2) is 44.0 Å². The second-order valence-electron chi connectivity index (χ2n) is 4.12. The molecule has 80 valence electrons. The molecule has 0 aromatic carbocycles. The molecule has 0 bridgehead atoms. The summed E-state index contributed by atoms with van der Waals surface area (Å²) in [7, 11) is 6.34. The maximum absolute atomic E-state index is 5.71. The number of likely N-dealkylation sites (N-methyl/N-ethyl adjacent to an activating group) is 2. The molecule has 3 heteroatoms. The predicted octanol–water partition coefficient (Wildman–Crippen LogP) is 1.00. The minimum Gasteiger partial charge on any atom is -0.402 e. The van der Waals surface area contributed by atoms with Crippen LogP contribution >= 0.6 is 0 Å². The SMILES string of the molecule is CN(C)CCN(C)C1=CC=C(N)CC1. The third kappa shape index (κ3) is 3.42. The van der Waals surface area contributed by atoms with E-state index in [1.165, 1.54) is 5.70 Å². The number of rotatable bonds is 4. The zero-order valence-corrected chi connectivity index (χ0v) is 9.45. The normalized spacial score (nSPS) is 16.6. The first kappa shape index (κ1) is 11.1. The molecular formula is C11H21N3. The Labute approximate surface area is 86.9 Å². The first-order valence-corrected chi connectivity index (χ1v) is 5.10. The highest BCUT2D eigenvalue weighted by atomic mass is 15.2. The Balaban J connectivity index is 2.41. The molecule has 0 atom stereocenters. The fourth-order valence-corrected chi connectivity index (χ4v) is 1.45. The minimum absolute atomic E-state index is 0.995. The maximum Gasteiger partial charge on any atom is 0.0299 e. The van der Waals surface area contributed by atoms with Crippen LogP contribution in [0.2, 0.25) is 0 Å². The fourth-order valence-electron chi connectivity index (χ4n) is 1.45. The summed E-state index contributed by atoms with van der Waals surface area (Å²) in [4.78, 5) is 4.51. The van der Waals surface area contributed by atoms with Gasteiger partial charge in [0.15, 0.2) is 0 Å². The summed E-state index contributed by atoms with van der Waals surface area (Å²) in [6.45, 7) is 2.17. The van der Waals surface area contributed by atoms with Gasteiger partial charge in [0.2, 0.25) is 0 Å². The molecule has 14 heavy (non-hydrogen) atoms. The topological polar surface area (TPSA) is 32.5 Å². The minimum atomic E-state index is 0.995. The van der Waals surface area contributed by atoms with Crippen LogP contribution < -0.4 is 5.73 Å². The Bertz CT molecular complexity index is 241. The van der Waals surface area contributed by atoms with Crippen LogP contribution in [0.15, 0.2) is 23.5 Å². The van der Waals surface area contributed by atoms with Gasteiger partial charge in [0.05, 0.1) is 0 Å². The number of hydrogen-bond donors (Lipinski definition) is 1. The molecule has 0 aromatic rings. The predicted molar refractivity (Wildman–Crippen MR) is 60.8 cm³/mol. The van der Waals surface area contributed by atoms with Gasteiger partial charge in [-0.15, -0.1) is 0 Å². The van der Waals surface area contributed by atoms with Crippen molar-refractivity contribution >= 4 is 0 Å². The maximum atomic E-state index is 5.71. The zero-order valence-electron chi connectivity index (χ0n) is 9.45. The third-order valence-corrected chi connectivity index (χ3v) is 2.53. The van der Waals surface area contributed by atoms with Crippen LogP contribution in [0.25, 0.3) is 0 Å². The molecular weight excluding hydrogens is 174 g/mol. The van der Waals surface area contributed by atoms with E-state index in [-0.39, 0.29) is 0 Å². The van der Waals surface area contributed by atoms with Crippen LogP contribution in [0.4, 0.5) is 0 Å². The van der Waals surface area contributed by atoms with Crippen LogP contribution in [0.5, 0.6) is 0 Å².